The molecule has 3 rings (SSSR count). The third-order valence-electron chi connectivity index (χ3n) is 8.54. The van der Waals surface area contributed by atoms with Crippen molar-refractivity contribution in [2.45, 2.75) is 98.5 Å². The highest BCUT2D eigenvalue weighted by atomic mass is 16.6. The maximum atomic E-state index is 12.1. The number of anilines is 1. The van der Waals surface area contributed by atoms with Crippen LogP contribution in [0.15, 0.2) is 54.1 Å². The van der Waals surface area contributed by atoms with Crippen molar-refractivity contribution in [2.75, 3.05) is 5.32 Å². The van der Waals surface area contributed by atoms with Gasteiger partial charge in [-0.3, -0.25) is 5.32 Å². The van der Waals surface area contributed by atoms with Crippen LogP contribution in [-0.2, 0) is 4.74 Å². The molecule has 3 nitrogen and oxygen atoms in total. The zero-order valence-corrected chi connectivity index (χ0v) is 21.6. The van der Waals surface area contributed by atoms with E-state index in [9.17, 15) is 4.79 Å². The molecule has 2 aliphatic carbocycles. The summed E-state index contributed by atoms with van der Waals surface area (Å²) in [6.45, 7) is 16.3. The SMILES string of the molecule is C=C1CC[C@@H]2C(C)(C)CCC[C@]2(C)[C@H]1CC/C(C)=C/CC[C@@H](C)OC(=O)Nc1ccccc1. The lowest BCUT2D eigenvalue weighted by atomic mass is 9.47. The van der Waals surface area contributed by atoms with E-state index in [0.717, 1.165) is 30.9 Å². The van der Waals surface area contributed by atoms with Gasteiger partial charge in [-0.15, -0.1) is 0 Å². The molecule has 0 spiro atoms. The fourth-order valence-corrected chi connectivity index (χ4v) is 6.76. The van der Waals surface area contributed by atoms with Gasteiger partial charge in [-0.2, -0.15) is 0 Å². The van der Waals surface area contributed by atoms with Crippen LogP contribution in [0.2, 0.25) is 0 Å². The van der Waals surface area contributed by atoms with Gasteiger partial charge in [-0.05, 0) is 100 Å². The Kier molecular flexibility index (Phi) is 8.48. The second-order valence-corrected chi connectivity index (χ2v) is 11.5. The third kappa shape index (κ3) is 6.52. The lowest BCUT2D eigenvalue weighted by Crippen LogP contribution is -2.49. The van der Waals surface area contributed by atoms with E-state index in [1.165, 1.54) is 49.7 Å². The minimum absolute atomic E-state index is 0.111. The van der Waals surface area contributed by atoms with Crippen LogP contribution in [0.5, 0.6) is 0 Å². The molecule has 2 fully saturated rings. The van der Waals surface area contributed by atoms with E-state index in [-0.39, 0.29) is 12.2 Å². The molecule has 0 bridgehead atoms. The Morgan fingerprint density at radius 3 is 2.70 bits per heavy atom. The summed E-state index contributed by atoms with van der Waals surface area (Å²) < 4.78 is 5.51. The summed E-state index contributed by atoms with van der Waals surface area (Å²) in [6, 6.07) is 9.42. The lowest BCUT2D eigenvalue weighted by Gasteiger charge is -2.58. The first kappa shape index (κ1) is 25.6. The smallest absolute Gasteiger partial charge is 0.411 e. The van der Waals surface area contributed by atoms with Crippen LogP contribution in [0.4, 0.5) is 10.5 Å². The van der Waals surface area contributed by atoms with E-state index in [4.69, 9.17) is 4.74 Å². The maximum absolute atomic E-state index is 12.1. The monoisotopic (exact) mass is 451 g/mol. The van der Waals surface area contributed by atoms with Crippen molar-refractivity contribution in [3.05, 3.63) is 54.1 Å². The summed E-state index contributed by atoms with van der Waals surface area (Å²) in [4.78, 5) is 12.1. The third-order valence-corrected chi connectivity index (χ3v) is 8.54. The van der Waals surface area contributed by atoms with E-state index < -0.39 is 0 Å². The number of carbonyl (C=O) groups excluding carboxylic acids is 1. The van der Waals surface area contributed by atoms with E-state index >= 15 is 0 Å². The Labute approximate surface area is 202 Å². The van der Waals surface area contributed by atoms with Crippen LogP contribution in [-0.4, -0.2) is 12.2 Å². The van der Waals surface area contributed by atoms with Crippen molar-refractivity contribution >= 4 is 11.8 Å². The molecule has 3 heteroatoms. The van der Waals surface area contributed by atoms with Crippen LogP contribution in [0.25, 0.3) is 0 Å². The highest BCUT2D eigenvalue weighted by molar-refractivity contribution is 5.84. The zero-order valence-electron chi connectivity index (χ0n) is 21.6. The Hall–Kier alpha value is -2.03. The van der Waals surface area contributed by atoms with Gasteiger partial charge in [-0.1, -0.05) is 69.2 Å². The zero-order chi connectivity index (χ0) is 24.1. The van der Waals surface area contributed by atoms with E-state index in [2.05, 4.69) is 45.7 Å². The topological polar surface area (TPSA) is 38.3 Å². The molecule has 2 saturated carbocycles. The molecule has 1 aromatic rings. The Bertz CT molecular complexity index is 840. The number of hydrogen-bond donors (Lipinski definition) is 1. The first-order valence-corrected chi connectivity index (χ1v) is 13.0. The van der Waals surface area contributed by atoms with Crippen molar-refractivity contribution in [2.24, 2.45) is 22.7 Å². The summed E-state index contributed by atoms with van der Waals surface area (Å²) in [5.41, 5.74) is 4.56. The van der Waals surface area contributed by atoms with Gasteiger partial charge < -0.3 is 4.74 Å². The van der Waals surface area contributed by atoms with Crippen LogP contribution in [0.1, 0.15) is 92.4 Å². The van der Waals surface area contributed by atoms with Gasteiger partial charge in [0.25, 0.3) is 0 Å². The van der Waals surface area contributed by atoms with Crippen LogP contribution in [0.3, 0.4) is 0 Å². The van der Waals surface area contributed by atoms with Crippen molar-refractivity contribution in [3.63, 3.8) is 0 Å². The van der Waals surface area contributed by atoms with Crippen molar-refractivity contribution in [1.82, 2.24) is 0 Å². The van der Waals surface area contributed by atoms with Crippen LogP contribution >= 0.6 is 0 Å². The van der Waals surface area contributed by atoms with E-state index in [0.29, 0.717) is 16.7 Å². The summed E-state index contributed by atoms with van der Waals surface area (Å²) >= 11 is 0. The minimum atomic E-state index is -0.386. The molecule has 4 atom stereocenters. The Balaban J connectivity index is 1.45. The minimum Gasteiger partial charge on any atom is -0.446 e. The molecule has 2 aliphatic rings. The molecular weight excluding hydrogens is 406 g/mol. The van der Waals surface area contributed by atoms with Gasteiger partial charge in [0.15, 0.2) is 0 Å². The van der Waals surface area contributed by atoms with Crippen molar-refractivity contribution in [1.29, 1.82) is 0 Å². The second-order valence-electron chi connectivity index (χ2n) is 11.5. The number of benzene rings is 1. The average molecular weight is 452 g/mol. The Morgan fingerprint density at radius 1 is 1.24 bits per heavy atom. The van der Waals surface area contributed by atoms with Crippen LogP contribution in [0, 0.1) is 22.7 Å². The normalized spacial score (nSPS) is 28.0. The molecule has 1 aromatic carbocycles. The molecule has 0 aliphatic heterocycles. The predicted octanol–water partition coefficient (Wildman–Crippen LogP) is 8.93. The predicted molar refractivity (Wildman–Crippen MR) is 139 cm³/mol. The number of para-hydroxylation sites is 1. The number of ether oxygens (including phenoxy) is 1. The summed E-state index contributed by atoms with van der Waals surface area (Å²) in [7, 11) is 0. The molecule has 0 aromatic heterocycles. The molecule has 0 heterocycles. The maximum Gasteiger partial charge on any atom is 0.411 e. The van der Waals surface area contributed by atoms with Crippen molar-refractivity contribution in [3.8, 4) is 0 Å². The number of rotatable bonds is 8. The number of allylic oxidation sites excluding steroid dienone is 3. The van der Waals surface area contributed by atoms with Crippen LogP contribution < -0.4 is 5.32 Å². The molecule has 0 unspecified atom stereocenters. The molecule has 0 radical (unpaired) electrons. The summed E-state index contributed by atoms with van der Waals surface area (Å²) in [6.07, 6.45) is 12.6. The fourth-order valence-electron chi connectivity index (χ4n) is 6.76. The van der Waals surface area contributed by atoms with Crippen molar-refractivity contribution < 1.29 is 9.53 Å². The summed E-state index contributed by atoms with van der Waals surface area (Å²) in [5.74, 6) is 1.46. The fraction of sp³-hybridized carbons (Fsp3) is 0.633. The van der Waals surface area contributed by atoms with E-state index in [1.54, 1.807) is 0 Å². The first-order chi connectivity index (χ1) is 15.6. The van der Waals surface area contributed by atoms with Gasteiger partial charge in [0, 0.05) is 5.69 Å². The van der Waals surface area contributed by atoms with Gasteiger partial charge in [0.1, 0.15) is 6.10 Å². The molecule has 33 heavy (non-hydrogen) atoms. The van der Waals surface area contributed by atoms with Gasteiger partial charge in [0.05, 0.1) is 0 Å². The van der Waals surface area contributed by atoms with Gasteiger partial charge in [-0.25, -0.2) is 4.79 Å². The second kappa shape index (κ2) is 10.9. The highest BCUT2D eigenvalue weighted by Gasteiger charge is 2.52. The molecule has 0 saturated heterocycles. The summed E-state index contributed by atoms with van der Waals surface area (Å²) in [5, 5.41) is 2.78. The van der Waals surface area contributed by atoms with Gasteiger partial charge >= 0.3 is 6.09 Å². The quantitative estimate of drug-likeness (QED) is 0.401. The number of nitrogens with one attached hydrogen (secondary N) is 1. The molecule has 182 valence electrons. The Morgan fingerprint density at radius 2 is 1.97 bits per heavy atom. The van der Waals surface area contributed by atoms with E-state index in [1.807, 2.05) is 37.3 Å². The first-order valence-electron chi connectivity index (χ1n) is 13.0. The number of amides is 1. The number of hydrogen-bond acceptors (Lipinski definition) is 2. The largest absolute Gasteiger partial charge is 0.446 e. The average Bonchev–Trinajstić information content (AvgIpc) is 2.73. The number of carbonyl (C=O) groups is 1. The molecule has 1 amide bonds. The molecular formula is C30H45NO2. The van der Waals surface area contributed by atoms with Gasteiger partial charge in [0.2, 0.25) is 0 Å². The lowest BCUT2D eigenvalue weighted by molar-refractivity contribution is -0.0539. The standard InChI is InChI=1S/C30H45NO2/c1-22(12-10-13-24(3)33-28(32)31-25-14-8-7-9-15-25)16-18-26-23(2)17-19-27-29(4,5)20-11-21-30(26,27)6/h7-9,12,14-15,24,26-27H,2,10-11,13,16-21H2,1,3-6H3,(H,31,32)/b22-12+/t24-,26+,27-,30-/m1/s1. The number of fused-ring (bicyclic) bond motifs is 1. The molecule has 1 N–H and O–H groups in total. The highest BCUT2D eigenvalue weighted by Crippen LogP contribution is 2.61.